The molecule has 0 saturated heterocycles. The molecule has 0 fully saturated rings. The number of fused-ring (bicyclic) bond motifs is 1. The van der Waals surface area contributed by atoms with Crippen molar-refractivity contribution >= 4 is 39.1 Å². The Morgan fingerprint density at radius 3 is 2.38 bits per heavy atom. The molecule has 1 N–H and O–H groups in total. The van der Waals surface area contributed by atoms with E-state index in [1.165, 1.54) is 0 Å². The molecule has 1 heterocycles. The number of carbonyl (C=O) groups is 1. The van der Waals surface area contributed by atoms with Crippen LogP contribution in [-0.4, -0.2) is 19.1 Å². The largest absolute Gasteiger partial charge is 0.486 e. The highest BCUT2D eigenvalue weighted by Crippen LogP contribution is 2.35. The summed E-state index contributed by atoms with van der Waals surface area (Å²) in [5, 5.41) is 3.12. The zero-order valence-electron chi connectivity index (χ0n) is 10.9. The molecule has 2 aromatic carbocycles. The predicted octanol–water partition coefficient (Wildman–Crippen LogP) is 4.13. The molecule has 2 aromatic rings. The molecule has 4 nitrogen and oxygen atoms in total. The van der Waals surface area contributed by atoms with Gasteiger partial charge in [-0.05, 0) is 30.3 Å². The van der Waals surface area contributed by atoms with Crippen molar-refractivity contribution in [1.82, 2.24) is 0 Å². The molecule has 0 aliphatic carbocycles. The van der Waals surface area contributed by atoms with Gasteiger partial charge in [0, 0.05) is 16.2 Å². The van der Waals surface area contributed by atoms with Gasteiger partial charge in [0.25, 0.3) is 5.91 Å². The third-order valence-corrected chi connectivity index (χ3v) is 3.82. The van der Waals surface area contributed by atoms with Crippen molar-refractivity contribution in [2.24, 2.45) is 0 Å². The molecule has 0 unspecified atom stereocenters. The number of amides is 1. The normalized spacial score (nSPS) is 12.9. The zero-order valence-corrected chi connectivity index (χ0v) is 13.2. The molecular weight excluding hydrogens is 358 g/mol. The summed E-state index contributed by atoms with van der Waals surface area (Å²) in [6.07, 6.45) is 0. The maximum Gasteiger partial charge on any atom is 0.257 e. The summed E-state index contributed by atoms with van der Waals surface area (Å²) in [6, 6.07) is 10.5. The van der Waals surface area contributed by atoms with Crippen LogP contribution in [0.5, 0.6) is 11.5 Å². The number of carbonyl (C=O) groups excluding carboxylic acids is 1. The van der Waals surface area contributed by atoms with Crippen LogP contribution >= 0.6 is 27.5 Å². The number of benzene rings is 2. The van der Waals surface area contributed by atoms with Crippen molar-refractivity contribution in [3.63, 3.8) is 0 Å². The fourth-order valence-electron chi connectivity index (χ4n) is 1.97. The van der Waals surface area contributed by atoms with Crippen LogP contribution in [0.1, 0.15) is 10.4 Å². The molecule has 108 valence electrons. The topological polar surface area (TPSA) is 47.6 Å². The molecule has 6 heteroatoms. The number of halogens is 2. The minimum absolute atomic E-state index is 0.292. The highest BCUT2D eigenvalue weighted by atomic mass is 79.9. The highest BCUT2D eigenvalue weighted by Gasteiger charge is 2.19. The maximum atomic E-state index is 12.3. The molecule has 3 rings (SSSR count). The van der Waals surface area contributed by atoms with Crippen molar-refractivity contribution < 1.29 is 14.3 Å². The quantitative estimate of drug-likeness (QED) is 0.867. The number of hydrogen-bond donors (Lipinski definition) is 1. The Bertz CT molecular complexity index is 688. The number of hydrogen-bond acceptors (Lipinski definition) is 3. The Labute approximate surface area is 135 Å². The zero-order chi connectivity index (χ0) is 14.8. The second-order valence-corrected chi connectivity index (χ2v) is 5.76. The van der Waals surface area contributed by atoms with E-state index in [1.54, 1.807) is 24.3 Å². The molecule has 0 saturated carbocycles. The van der Waals surface area contributed by atoms with Gasteiger partial charge in [-0.15, -0.1) is 0 Å². The van der Waals surface area contributed by atoms with Crippen molar-refractivity contribution in [2.45, 2.75) is 0 Å². The summed E-state index contributed by atoms with van der Waals surface area (Å²) in [5.41, 5.74) is 1.04. The van der Waals surface area contributed by atoms with Gasteiger partial charge in [-0.1, -0.05) is 27.5 Å². The Hall–Kier alpha value is -1.72. The number of ether oxygens (including phenoxy) is 2. The van der Waals surface area contributed by atoms with Crippen molar-refractivity contribution in [3.8, 4) is 11.5 Å². The fourth-order valence-corrected chi connectivity index (χ4v) is 2.47. The third-order valence-electron chi connectivity index (χ3n) is 2.98. The summed E-state index contributed by atoms with van der Waals surface area (Å²) < 4.78 is 11.8. The van der Waals surface area contributed by atoms with Crippen LogP contribution in [0, 0.1) is 0 Å². The Kier molecular flexibility index (Phi) is 4.03. The van der Waals surface area contributed by atoms with Gasteiger partial charge >= 0.3 is 0 Å². The first-order valence-corrected chi connectivity index (χ1v) is 7.46. The average Bonchev–Trinajstić information content (AvgIpc) is 2.49. The first-order valence-electron chi connectivity index (χ1n) is 6.29. The Morgan fingerprint density at radius 1 is 1.10 bits per heavy atom. The third kappa shape index (κ3) is 3.14. The van der Waals surface area contributed by atoms with Gasteiger partial charge in [-0.3, -0.25) is 4.79 Å². The van der Waals surface area contributed by atoms with E-state index in [0.29, 0.717) is 41.0 Å². The molecular formula is C15H11BrClNO3. The van der Waals surface area contributed by atoms with Crippen LogP contribution < -0.4 is 14.8 Å². The molecule has 1 aliphatic heterocycles. The van der Waals surface area contributed by atoms with E-state index in [4.69, 9.17) is 21.1 Å². The van der Waals surface area contributed by atoms with E-state index in [-0.39, 0.29) is 5.91 Å². The van der Waals surface area contributed by atoms with Crippen LogP contribution in [0.3, 0.4) is 0 Å². The van der Waals surface area contributed by atoms with Crippen molar-refractivity contribution in [3.05, 3.63) is 51.5 Å². The van der Waals surface area contributed by atoms with Crippen LogP contribution in [0.25, 0.3) is 0 Å². The smallest absolute Gasteiger partial charge is 0.257 e. The van der Waals surface area contributed by atoms with E-state index < -0.39 is 0 Å². The molecule has 0 bridgehead atoms. The minimum atomic E-state index is -0.292. The lowest BCUT2D eigenvalue weighted by molar-refractivity contribution is 0.102. The Morgan fingerprint density at radius 2 is 1.71 bits per heavy atom. The van der Waals surface area contributed by atoms with Crippen LogP contribution in [0.4, 0.5) is 5.69 Å². The van der Waals surface area contributed by atoms with E-state index >= 15 is 0 Å². The highest BCUT2D eigenvalue weighted by molar-refractivity contribution is 9.10. The second-order valence-electron chi connectivity index (χ2n) is 4.44. The van der Waals surface area contributed by atoms with Gasteiger partial charge in [0.15, 0.2) is 11.5 Å². The first kappa shape index (κ1) is 14.2. The Balaban J connectivity index is 1.85. The standard InChI is InChI=1S/C15H11BrClNO3/c16-9-1-3-10(4-2-9)18-15(19)11-7-13-14(8-12(11)17)21-6-5-20-13/h1-4,7-8H,5-6H2,(H,18,19). The molecule has 0 aromatic heterocycles. The first-order chi connectivity index (χ1) is 10.1. The van der Waals surface area contributed by atoms with Crippen molar-refractivity contribution in [1.29, 1.82) is 0 Å². The molecule has 0 atom stereocenters. The van der Waals surface area contributed by atoms with Crippen LogP contribution in [-0.2, 0) is 0 Å². The van der Waals surface area contributed by atoms with Crippen LogP contribution in [0.15, 0.2) is 40.9 Å². The van der Waals surface area contributed by atoms with Gasteiger partial charge < -0.3 is 14.8 Å². The lowest BCUT2D eigenvalue weighted by Crippen LogP contribution is -2.17. The fraction of sp³-hybridized carbons (Fsp3) is 0.133. The SMILES string of the molecule is O=C(Nc1ccc(Br)cc1)c1cc2c(cc1Cl)OCCO2. The summed E-state index contributed by atoms with van der Waals surface area (Å²) >= 11 is 9.49. The average molecular weight is 369 g/mol. The van der Waals surface area contributed by atoms with Gasteiger partial charge in [-0.2, -0.15) is 0 Å². The van der Waals surface area contributed by atoms with E-state index in [0.717, 1.165) is 4.47 Å². The summed E-state index contributed by atoms with van der Waals surface area (Å²) in [6.45, 7) is 0.941. The maximum absolute atomic E-state index is 12.3. The number of anilines is 1. The van der Waals surface area contributed by atoms with Crippen LogP contribution in [0.2, 0.25) is 5.02 Å². The van der Waals surface area contributed by atoms with Gasteiger partial charge in [-0.25, -0.2) is 0 Å². The van der Waals surface area contributed by atoms with Gasteiger partial charge in [0.1, 0.15) is 13.2 Å². The summed E-state index contributed by atoms with van der Waals surface area (Å²) in [7, 11) is 0. The van der Waals surface area contributed by atoms with E-state index in [1.807, 2.05) is 12.1 Å². The summed E-state index contributed by atoms with van der Waals surface area (Å²) in [4.78, 5) is 12.3. The molecule has 1 amide bonds. The van der Waals surface area contributed by atoms with E-state index in [2.05, 4.69) is 21.2 Å². The lowest BCUT2D eigenvalue weighted by Gasteiger charge is -2.19. The lowest BCUT2D eigenvalue weighted by atomic mass is 10.1. The predicted molar refractivity (Wildman–Crippen MR) is 84.5 cm³/mol. The molecule has 21 heavy (non-hydrogen) atoms. The van der Waals surface area contributed by atoms with Gasteiger partial charge in [0.05, 0.1) is 10.6 Å². The number of rotatable bonds is 2. The minimum Gasteiger partial charge on any atom is -0.486 e. The molecule has 0 radical (unpaired) electrons. The van der Waals surface area contributed by atoms with E-state index in [9.17, 15) is 4.79 Å². The monoisotopic (exact) mass is 367 g/mol. The summed E-state index contributed by atoms with van der Waals surface area (Å²) in [5.74, 6) is 0.803. The molecule has 0 spiro atoms. The second kappa shape index (κ2) is 5.95. The van der Waals surface area contributed by atoms with Gasteiger partial charge in [0.2, 0.25) is 0 Å². The van der Waals surface area contributed by atoms with Crippen molar-refractivity contribution in [2.75, 3.05) is 18.5 Å². The number of nitrogens with one attached hydrogen (secondary N) is 1. The molecule has 1 aliphatic rings.